The van der Waals surface area contributed by atoms with E-state index in [1.165, 1.54) is 17.7 Å². The molecule has 0 aromatic heterocycles. The molecule has 0 bridgehead atoms. The lowest BCUT2D eigenvalue weighted by Crippen LogP contribution is -2.03. The molecule has 0 heterocycles. The first kappa shape index (κ1) is 28.4. The second-order valence-electron chi connectivity index (χ2n) is 9.27. The quantitative estimate of drug-likeness (QED) is 0.190. The van der Waals surface area contributed by atoms with Crippen molar-refractivity contribution in [3.8, 4) is 34.8 Å². The second kappa shape index (κ2) is 13.0. The summed E-state index contributed by atoms with van der Waals surface area (Å²) in [7, 11) is 1.69. The van der Waals surface area contributed by atoms with Crippen LogP contribution in [0.1, 0.15) is 49.3 Å². The number of methoxy groups -OCH3 is 1. The second-order valence-corrected chi connectivity index (χ2v) is 9.68. The van der Waals surface area contributed by atoms with Crippen LogP contribution in [0.3, 0.4) is 0 Å². The highest BCUT2D eigenvalue weighted by Gasteiger charge is 2.15. The smallest absolute Gasteiger partial charge is 0.153 e. The number of carbonyl (C=O) groups is 1. The summed E-state index contributed by atoms with van der Waals surface area (Å²) >= 11 is 6.45. The maximum atomic E-state index is 11.7. The SMILES string of the molecule is COCc1cccc(-c2cccc(COc3cc(OCc4cc(C#N)cc(C#N)c4)c(C=O)cc3Cl)c2C)c1C. The average Bonchev–Trinajstić information content (AvgIpc) is 2.97. The molecule has 40 heavy (non-hydrogen) atoms. The molecule has 0 unspecified atom stereocenters. The first-order valence-electron chi connectivity index (χ1n) is 12.5. The number of nitriles is 2. The summed E-state index contributed by atoms with van der Waals surface area (Å²) in [5.74, 6) is 0.653. The van der Waals surface area contributed by atoms with E-state index in [4.69, 9.17) is 25.8 Å². The average molecular weight is 551 g/mol. The van der Waals surface area contributed by atoms with Crippen LogP contribution in [-0.2, 0) is 24.6 Å². The Bertz CT molecular complexity index is 1620. The monoisotopic (exact) mass is 550 g/mol. The van der Waals surface area contributed by atoms with E-state index in [1.54, 1.807) is 25.3 Å². The lowest BCUT2D eigenvalue weighted by Gasteiger charge is -2.17. The van der Waals surface area contributed by atoms with Gasteiger partial charge in [0.1, 0.15) is 24.7 Å². The summed E-state index contributed by atoms with van der Waals surface area (Å²) in [6, 6.07) is 24.2. The zero-order valence-electron chi connectivity index (χ0n) is 22.5. The van der Waals surface area contributed by atoms with Gasteiger partial charge in [-0.25, -0.2) is 0 Å². The molecule has 0 saturated carbocycles. The molecule has 0 spiro atoms. The van der Waals surface area contributed by atoms with Gasteiger partial charge in [-0.15, -0.1) is 0 Å². The fourth-order valence-corrected chi connectivity index (χ4v) is 4.74. The number of halogens is 1. The van der Waals surface area contributed by atoms with E-state index in [0.29, 0.717) is 35.3 Å². The lowest BCUT2D eigenvalue weighted by molar-refractivity contribution is 0.111. The third-order valence-electron chi connectivity index (χ3n) is 6.70. The summed E-state index contributed by atoms with van der Waals surface area (Å²) in [5.41, 5.74) is 8.23. The number of rotatable bonds is 10. The van der Waals surface area contributed by atoms with Crippen molar-refractivity contribution in [1.82, 2.24) is 0 Å². The molecule has 7 heteroatoms. The van der Waals surface area contributed by atoms with Gasteiger partial charge < -0.3 is 14.2 Å². The molecular formula is C33H27ClN2O4. The number of hydrogen-bond donors (Lipinski definition) is 0. The van der Waals surface area contributed by atoms with E-state index < -0.39 is 0 Å². The summed E-state index contributed by atoms with van der Waals surface area (Å²) < 4.78 is 17.4. The van der Waals surface area contributed by atoms with Crippen LogP contribution in [0.4, 0.5) is 0 Å². The van der Waals surface area contributed by atoms with Gasteiger partial charge in [-0.1, -0.05) is 48.0 Å². The van der Waals surface area contributed by atoms with Crippen molar-refractivity contribution in [1.29, 1.82) is 10.5 Å². The highest BCUT2D eigenvalue weighted by molar-refractivity contribution is 6.32. The molecule has 4 rings (SSSR count). The summed E-state index contributed by atoms with van der Waals surface area (Å²) in [6.45, 7) is 5.01. The Hall–Kier alpha value is -4.62. The highest BCUT2D eigenvalue weighted by atomic mass is 35.5. The van der Waals surface area contributed by atoms with Gasteiger partial charge >= 0.3 is 0 Å². The Kier molecular flexibility index (Phi) is 9.19. The molecule has 0 saturated heterocycles. The molecule has 4 aromatic rings. The Balaban J connectivity index is 1.57. The summed E-state index contributed by atoms with van der Waals surface area (Å²) in [4.78, 5) is 11.7. The Morgan fingerprint density at radius 1 is 0.775 bits per heavy atom. The van der Waals surface area contributed by atoms with Gasteiger partial charge in [0.05, 0.1) is 40.5 Å². The Labute approximate surface area is 238 Å². The molecule has 0 aliphatic heterocycles. The molecule has 4 aromatic carbocycles. The van der Waals surface area contributed by atoms with E-state index >= 15 is 0 Å². The largest absolute Gasteiger partial charge is 0.488 e. The fourth-order valence-electron chi connectivity index (χ4n) is 4.52. The van der Waals surface area contributed by atoms with Gasteiger partial charge in [0.2, 0.25) is 0 Å². The van der Waals surface area contributed by atoms with E-state index in [1.807, 2.05) is 30.3 Å². The first-order chi connectivity index (χ1) is 19.4. The lowest BCUT2D eigenvalue weighted by atomic mass is 9.92. The van der Waals surface area contributed by atoms with Crippen molar-refractivity contribution in [2.24, 2.45) is 0 Å². The molecular weight excluding hydrogens is 524 g/mol. The van der Waals surface area contributed by atoms with E-state index in [-0.39, 0.29) is 29.5 Å². The molecule has 0 atom stereocenters. The minimum Gasteiger partial charge on any atom is -0.488 e. The third kappa shape index (κ3) is 6.33. The number of hydrogen-bond acceptors (Lipinski definition) is 6. The van der Waals surface area contributed by atoms with Crippen molar-refractivity contribution >= 4 is 17.9 Å². The van der Waals surface area contributed by atoms with Crippen LogP contribution < -0.4 is 9.47 Å². The van der Waals surface area contributed by atoms with Crippen LogP contribution in [0.5, 0.6) is 11.5 Å². The number of aldehydes is 1. The van der Waals surface area contributed by atoms with Gasteiger partial charge in [-0.05, 0) is 77.1 Å². The molecule has 200 valence electrons. The van der Waals surface area contributed by atoms with Crippen LogP contribution >= 0.6 is 11.6 Å². The summed E-state index contributed by atoms with van der Waals surface area (Å²) in [6.07, 6.45) is 0.658. The van der Waals surface area contributed by atoms with Crippen molar-refractivity contribution < 1.29 is 19.0 Å². The van der Waals surface area contributed by atoms with Crippen LogP contribution in [0.2, 0.25) is 5.02 Å². The third-order valence-corrected chi connectivity index (χ3v) is 7.00. The van der Waals surface area contributed by atoms with Crippen molar-refractivity contribution in [3.63, 3.8) is 0 Å². The normalized spacial score (nSPS) is 10.4. The van der Waals surface area contributed by atoms with Crippen LogP contribution in [-0.4, -0.2) is 13.4 Å². The van der Waals surface area contributed by atoms with Crippen molar-refractivity contribution in [2.45, 2.75) is 33.7 Å². The van der Waals surface area contributed by atoms with Gasteiger partial charge in [0.15, 0.2) is 6.29 Å². The number of nitrogens with zero attached hydrogens (tertiary/aromatic N) is 2. The predicted octanol–water partition coefficient (Wildman–Crippen LogP) is 7.48. The standard InChI is InChI=1S/C33H27ClN2O4/c1-21-26(19-38-3)6-4-8-29(21)30-9-5-7-27(22(30)2)20-40-33-14-32(28(17-37)13-31(33)34)39-18-25-11-23(15-35)10-24(12-25)16-36/h4-14,17H,18-20H2,1-3H3. The maximum absolute atomic E-state index is 11.7. The minimum atomic E-state index is 0.0503. The Morgan fingerprint density at radius 2 is 1.35 bits per heavy atom. The zero-order chi connectivity index (χ0) is 28.6. The van der Waals surface area contributed by atoms with E-state index in [9.17, 15) is 15.3 Å². The maximum Gasteiger partial charge on any atom is 0.153 e. The van der Waals surface area contributed by atoms with E-state index in [0.717, 1.165) is 27.8 Å². The van der Waals surface area contributed by atoms with Gasteiger partial charge in [0, 0.05) is 13.2 Å². The molecule has 0 amide bonds. The molecule has 6 nitrogen and oxygen atoms in total. The molecule has 0 radical (unpaired) electrons. The molecule has 0 aliphatic rings. The minimum absolute atomic E-state index is 0.0503. The summed E-state index contributed by atoms with van der Waals surface area (Å²) in [5, 5.41) is 18.8. The Morgan fingerprint density at radius 3 is 1.90 bits per heavy atom. The zero-order valence-corrected chi connectivity index (χ0v) is 23.2. The van der Waals surface area contributed by atoms with Crippen LogP contribution in [0.25, 0.3) is 11.1 Å². The first-order valence-corrected chi connectivity index (χ1v) is 12.9. The van der Waals surface area contributed by atoms with Gasteiger partial charge in [-0.2, -0.15) is 10.5 Å². The van der Waals surface area contributed by atoms with Gasteiger partial charge in [0.25, 0.3) is 0 Å². The topological polar surface area (TPSA) is 92.3 Å². The number of carbonyl (C=O) groups excluding carboxylic acids is 1. The predicted molar refractivity (Wildman–Crippen MR) is 153 cm³/mol. The molecule has 0 N–H and O–H groups in total. The fraction of sp³-hybridized carbons (Fsp3) is 0.182. The van der Waals surface area contributed by atoms with Gasteiger partial charge in [-0.3, -0.25) is 4.79 Å². The molecule has 0 aliphatic carbocycles. The number of benzene rings is 4. The van der Waals surface area contributed by atoms with Crippen molar-refractivity contribution in [2.75, 3.05) is 7.11 Å². The van der Waals surface area contributed by atoms with Crippen molar-refractivity contribution in [3.05, 3.63) is 116 Å². The van der Waals surface area contributed by atoms with Crippen LogP contribution in [0, 0.1) is 36.5 Å². The number of ether oxygens (including phenoxy) is 3. The molecule has 0 fully saturated rings. The van der Waals surface area contributed by atoms with Crippen LogP contribution in [0.15, 0.2) is 66.7 Å². The highest BCUT2D eigenvalue weighted by Crippen LogP contribution is 2.35. The van der Waals surface area contributed by atoms with E-state index in [2.05, 4.69) is 32.0 Å².